The van der Waals surface area contributed by atoms with Crippen LogP contribution in [-0.2, 0) is 14.3 Å². The standard InChI is InChI=1S/C10H17NO3/c1-13-9(12)10(4-5-14-7-10)11-6-8-2-3-8/h8,11H,2-7H2,1H3. The van der Waals surface area contributed by atoms with Gasteiger partial charge in [-0.05, 0) is 25.3 Å². The minimum atomic E-state index is -0.558. The maximum Gasteiger partial charge on any atom is 0.328 e. The van der Waals surface area contributed by atoms with Crippen LogP contribution in [0.5, 0.6) is 0 Å². The predicted octanol–water partition coefficient (Wildman–Crippen LogP) is 0.318. The summed E-state index contributed by atoms with van der Waals surface area (Å²) < 4.78 is 10.1. The first-order valence-electron chi connectivity index (χ1n) is 5.18. The van der Waals surface area contributed by atoms with Gasteiger partial charge in [0.1, 0.15) is 5.54 Å². The molecule has 1 N–H and O–H groups in total. The molecule has 0 aromatic heterocycles. The number of methoxy groups -OCH3 is 1. The van der Waals surface area contributed by atoms with Gasteiger partial charge in [-0.25, -0.2) is 4.79 Å². The van der Waals surface area contributed by atoms with Crippen LogP contribution < -0.4 is 5.32 Å². The van der Waals surface area contributed by atoms with Crippen LogP contribution in [0.1, 0.15) is 19.3 Å². The van der Waals surface area contributed by atoms with E-state index in [2.05, 4.69) is 5.32 Å². The Bertz CT molecular complexity index is 219. The summed E-state index contributed by atoms with van der Waals surface area (Å²) in [7, 11) is 1.43. The Morgan fingerprint density at radius 2 is 2.43 bits per heavy atom. The van der Waals surface area contributed by atoms with Crippen LogP contribution in [0, 0.1) is 5.92 Å². The third kappa shape index (κ3) is 1.91. The molecule has 80 valence electrons. The molecule has 2 aliphatic rings. The summed E-state index contributed by atoms with van der Waals surface area (Å²) >= 11 is 0. The lowest BCUT2D eigenvalue weighted by molar-refractivity contribution is -0.148. The summed E-state index contributed by atoms with van der Waals surface area (Å²) in [5, 5.41) is 3.31. The number of ether oxygens (including phenoxy) is 2. The summed E-state index contributed by atoms with van der Waals surface area (Å²) in [6.45, 7) is 2.01. The topological polar surface area (TPSA) is 47.6 Å². The Hall–Kier alpha value is -0.610. The fraction of sp³-hybridized carbons (Fsp3) is 0.900. The number of rotatable bonds is 4. The van der Waals surface area contributed by atoms with Crippen molar-refractivity contribution >= 4 is 5.97 Å². The second-order valence-electron chi connectivity index (χ2n) is 4.20. The number of esters is 1. The highest BCUT2D eigenvalue weighted by molar-refractivity contribution is 5.81. The molecule has 0 aromatic rings. The first kappa shape index (κ1) is 9.93. The molecule has 4 heteroatoms. The van der Waals surface area contributed by atoms with Gasteiger partial charge in [-0.3, -0.25) is 5.32 Å². The molecule has 1 heterocycles. The number of carbonyl (C=O) groups is 1. The molecule has 4 nitrogen and oxygen atoms in total. The average Bonchev–Trinajstić information content (AvgIpc) is 2.92. The van der Waals surface area contributed by atoms with Crippen molar-refractivity contribution in [3.05, 3.63) is 0 Å². The van der Waals surface area contributed by atoms with Crippen molar-refractivity contribution in [2.24, 2.45) is 5.92 Å². The van der Waals surface area contributed by atoms with Gasteiger partial charge in [0, 0.05) is 13.0 Å². The van der Waals surface area contributed by atoms with Crippen molar-refractivity contribution in [3.8, 4) is 0 Å². The lowest BCUT2D eigenvalue weighted by Crippen LogP contribution is -2.54. The molecule has 0 amide bonds. The zero-order chi connectivity index (χ0) is 10.0. The second kappa shape index (κ2) is 3.87. The number of carbonyl (C=O) groups excluding carboxylic acids is 1. The summed E-state index contributed by atoms with van der Waals surface area (Å²) in [4.78, 5) is 11.6. The van der Waals surface area contributed by atoms with E-state index in [0.717, 1.165) is 18.9 Å². The van der Waals surface area contributed by atoms with Crippen molar-refractivity contribution in [2.75, 3.05) is 26.9 Å². The minimum Gasteiger partial charge on any atom is -0.468 e. The highest BCUT2D eigenvalue weighted by atomic mass is 16.5. The normalized spacial score (nSPS) is 31.8. The first-order chi connectivity index (χ1) is 6.77. The van der Waals surface area contributed by atoms with E-state index >= 15 is 0 Å². The molecule has 2 fully saturated rings. The molecule has 0 spiro atoms. The van der Waals surface area contributed by atoms with Crippen LogP contribution in [0.4, 0.5) is 0 Å². The molecule has 1 aliphatic heterocycles. The van der Waals surface area contributed by atoms with E-state index in [1.165, 1.54) is 20.0 Å². The fourth-order valence-corrected chi connectivity index (χ4v) is 1.79. The Kier molecular flexibility index (Phi) is 2.74. The molecule has 1 unspecified atom stereocenters. The Labute approximate surface area is 84.0 Å². The molecule has 1 saturated carbocycles. The summed E-state index contributed by atoms with van der Waals surface area (Å²) in [6, 6.07) is 0. The SMILES string of the molecule is COC(=O)C1(NCC2CC2)CCOC1. The van der Waals surface area contributed by atoms with Gasteiger partial charge in [0.2, 0.25) is 0 Å². The Morgan fingerprint density at radius 1 is 1.64 bits per heavy atom. The molecular weight excluding hydrogens is 182 g/mol. The van der Waals surface area contributed by atoms with Crippen LogP contribution in [0.25, 0.3) is 0 Å². The molecular formula is C10H17NO3. The third-order valence-corrected chi connectivity index (χ3v) is 3.02. The minimum absolute atomic E-state index is 0.185. The maximum atomic E-state index is 11.6. The van der Waals surface area contributed by atoms with E-state index in [9.17, 15) is 4.79 Å². The highest BCUT2D eigenvalue weighted by Gasteiger charge is 2.43. The van der Waals surface area contributed by atoms with Crippen LogP contribution in [0.2, 0.25) is 0 Å². The van der Waals surface area contributed by atoms with Crippen LogP contribution >= 0.6 is 0 Å². The maximum absolute atomic E-state index is 11.6. The smallest absolute Gasteiger partial charge is 0.328 e. The highest BCUT2D eigenvalue weighted by Crippen LogP contribution is 2.29. The second-order valence-corrected chi connectivity index (χ2v) is 4.20. The Balaban J connectivity index is 1.93. The van der Waals surface area contributed by atoms with Gasteiger partial charge in [0.25, 0.3) is 0 Å². The zero-order valence-electron chi connectivity index (χ0n) is 8.54. The van der Waals surface area contributed by atoms with E-state index in [4.69, 9.17) is 9.47 Å². The lowest BCUT2D eigenvalue weighted by atomic mass is 9.99. The van der Waals surface area contributed by atoms with Gasteiger partial charge in [-0.2, -0.15) is 0 Å². The third-order valence-electron chi connectivity index (χ3n) is 3.02. The molecule has 0 radical (unpaired) electrons. The quantitative estimate of drug-likeness (QED) is 0.662. The number of hydrogen-bond donors (Lipinski definition) is 1. The number of hydrogen-bond acceptors (Lipinski definition) is 4. The number of nitrogens with one attached hydrogen (secondary N) is 1. The van der Waals surface area contributed by atoms with Gasteiger partial charge in [0.05, 0.1) is 13.7 Å². The van der Waals surface area contributed by atoms with Crippen LogP contribution in [-0.4, -0.2) is 38.4 Å². The van der Waals surface area contributed by atoms with Gasteiger partial charge in [0.15, 0.2) is 0 Å². The molecule has 0 bridgehead atoms. The predicted molar refractivity (Wildman–Crippen MR) is 50.9 cm³/mol. The lowest BCUT2D eigenvalue weighted by Gasteiger charge is -2.25. The summed E-state index contributed by atoms with van der Waals surface area (Å²) in [5.41, 5.74) is -0.558. The van der Waals surface area contributed by atoms with Crippen molar-refractivity contribution in [3.63, 3.8) is 0 Å². The first-order valence-corrected chi connectivity index (χ1v) is 5.18. The Morgan fingerprint density at radius 3 is 2.93 bits per heavy atom. The van der Waals surface area contributed by atoms with Crippen molar-refractivity contribution in [1.82, 2.24) is 5.32 Å². The molecule has 1 aliphatic carbocycles. The van der Waals surface area contributed by atoms with Gasteiger partial charge in [-0.15, -0.1) is 0 Å². The average molecular weight is 199 g/mol. The van der Waals surface area contributed by atoms with Gasteiger partial charge >= 0.3 is 5.97 Å². The van der Waals surface area contributed by atoms with Crippen LogP contribution in [0.15, 0.2) is 0 Å². The van der Waals surface area contributed by atoms with Gasteiger partial charge in [-0.1, -0.05) is 0 Å². The molecule has 0 aromatic carbocycles. The van der Waals surface area contributed by atoms with Crippen molar-refractivity contribution in [2.45, 2.75) is 24.8 Å². The van der Waals surface area contributed by atoms with Gasteiger partial charge < -0.3 is 9.47 Å². The molecule has 1 saturated heterocycles. The molecule has 14 heavy (non-hydrogen) atoms. The van der Waals surface area contributed by atoms with Crippen molar-refractivity contribution < 1.29 is 14.3 Å². The van der Waals surface area contributed by atoms with E-state index < -0.39 is 5.54 Å². The monoisotopic (exact) mass is 199 g/mol. The van der Waals surface area contributed by atoms with Crippen molar-refractivity contribution in [1.29, 1.82) is 0 Å². The zero-order valence-corrected chi connectivity index (χ0v) is 8.54. The summed E-state index contributed by atoms with van der Waals surface area (Å²) in [5.74, 6) is 0.577. The molecule has 2 rings (SSSR count). The van der Waals surface area contributed by atoms with E-state index in [1.807, 2.05) is 0 Å². The van der Waals surface area contributed by atoms with Crippen LogP contribution in [0.3, 0.4) is 0 Å². The van der Waals surface area contributed by atoms with E-state index in [0.29, 0.717) is 13.2 Å². The van der Waals surface area contributed by atoms with E-state index in [-0.39, 0.29) is 5.97 Å². The summed E-state index contributed by atoms with van der Waals surface area (Å²) in [6.07, 6.45) is 3.29. The molecule has 1 atom stereocenters. The largest absolute Gasteiger partial charge is 0.468 e. The van der Waals surface area contributed by atoms with E-state index in [1.54, 1.807) is 0 Å². The fourth-order valence-electron chi connectivity index (χ4n) is 1.79.